The van der Waals surface area contributed by atoms with E-state index in [-0.39, 0.29) is 5.25 Å². The quantitative estimate of drug-likeness (QED) is 0.427. The molecule has 0 bridgehead atoms. The highest BCUT2D eigenvalue weighted by atomic mass is 32.2. The minimum absolute atomic E-state index is 0.123. The van der Waals surface area contributed by atoms with Gasteiger partial charge in [-0.3, -0.25) is 0 Å². The third-order valence-electron chi connectivity index (χ3n) is 3.21. The van der Waals surface area contributed by atoms with Crippen molar-refractivity contribution in [3.8, 4) is 22.4 Å². The summed E-state index contributed by atoms with van der Waals surface area (Å²) in [4.78, 5) is 0.938. The number of thioether (sulfide) groups is 1. The van der Waals surface area contributed by atoms with Crippen molar-refractivity contribution in [1.29, 1.82) is 0 Å². The molecule has 0 aliphatic carbocycles. The lowest BCUT2D eigenvalue weighted by atomic mass is 10.4. The van der Waals surface area contributed by atoms with E-state index in [1.165, 1.54) is 16.4 Å². The van der Waals surface area contributed by atoms with Gasteiger partial charge in [-0.1, -0.05) is 17.8 Å². The fraction of sp³-hybridized carbons (Fsp3) is 0.143. The fourth-order valence-corrected chi connectivity index (χ4v) is 3.48. The first-order valence-corrected chi connectivity index (χ1v) is 8.76. The summed E-state index contributed by atoms with van der Waals surface area (Å²) in [5.41, 5.74) is 0. The summed E-state index contributed by atoms with van der Waals surface area (Å²) in [5, 5.41) is 18.7. The number of hydrogen-bond donors (Lipinski definition) is 1. The van der Waals surface area contributed by atoms with Crippen LogP contribution in [0.4, 0.5) is 0 Å². The Bertz CT molecular complexity index is 929. The van der Waals surface area contributed by atoms with E-state index in [0.29, 0.717) is 28.5 Å². The van der Waals surface area contributed by atoms with Crippen LogP contribution in [-0.2, 0) is 0 Å². The lowest BCUT2D eigenvalue weighted by molar-refractivity contribution is 0.510. The standard InChI is InChI=1S/C14H12N6O2S2/c1-8(12-17-18-13(22-12)10-5-3-7-23-10)24-14-19-16-11(20(14)15)9-4-2-6-21-9/h2-8H,15H2,1H3. The van der Waals surface area contributed by atoms with Crippen LogP contribution in [0.1, 0.15) is 18.1 Å². The van der Waals surface area contributed by atoms with E-state index in [4.69, 9.17) is 14.7 Å². The van der Waals surface area contributed by atoms with Crippen molar-refractivity contribution in [3.63, 3.8) is 0 Å². The van der Waals surface area contributed by atoms with Gasteiger partial charge in [0.1, 0.15) is 0 Å². The van der Waals surface area contributed by atoms with Crippen LogP contribution in [-0.4, -0.2) is 25.1 Å². The predicted octanol–water partition coefficient (Wildman–Crippen LogP) is 3.22. The summed E-state index contributed by atoms with van der Waals surface area (Å²) in [5.74, 6) is 8.08. The van der Waals surface area contributed by atoms with Crippen LogP contribution in [0, 0.1) is 0 Å². The molecule has 0 aliphatic rings. The zero-order valence-corrected chi connectivity index (χ0v) is 14.1. The van der Waals surface area contributed by atoms with E-state index in [9.17, 15) is 0 Å². The first kappa shape index (κ1) is 15.0. The largest absolute Gasteiger partial charge is 0.461 e. The molecule has 4 heterocycles. The number of furan rings is 1. The van der Waals surface area contributed by atoms with Gasteiger partial charge >= 0.3 is 0 Å². The van der Waals surface area contributed by atoms with Gasteiger partial charge in [-0.2, -0.15) is 0 Å². The number of nitrogen functional groups attached to an aromatic ring is 1. The molecule has 0 spiro atoms. The highest BCUT2D eigenvalue weighted by Gasteiger charge is 2.21. The van der Waals surface area contributed by atoms with Gasteiger partial charge in [0.15, 0.2) is 5.76 Å². The molecule has 0 fully saturated rings. The molecular weight excluding hydrogens is 348 g/mol. The topological polar surface area (TPSA) is 109 Å². The highest BCUT2D eigenvalue weighted by Crippen LogP contribution is 2.35. The lowest BCUT2D eigenvalue weighted by Gasteiger charge is -2.05. The Morgan fingerprint density at radius 1 is 1.21 bits per heavy atom. The monoisotopic (exact) mass is 360 g/mol. The second kappa shape index (κ2) is 6.13. The number of nitrogens with two attached hydrogens (primary N) is 1. The number of rotatable bonds is 5. The molecule has 24 heavy (non-hydrogen) atoms. The Morgan fingerprint density at radius 2 is 2.12 bits per heavy atom. The molecule has 10 heteroatoms. The molecule has 0 saturated carbocycles. The average molecular weight is 360 g/mol. The second-order valence-corrected chi connectivity index (χ2v) is 7.09. The first-order valence-electron chi connectivity index (χ1n) is 7.00. The molecule has 0 saturated heterocycles. The van der Waals surface area contributed by atoms with E-state index in [1.54, 1.807) is 29.7 Å². The second-order valence-electron chi connectivity index (χ2n) is 4.84. The predicted molar refractivity (Wildman–Crippen MR) is 89.8 cm³/mol. The van der Waals surface area contributed by atoms with Crippen molar-refractivity contribution in [2.75, 3.05) is 5.84 Å². The van der Waals surface area contributed by atoms with E-state index >= 15 is 0 Å². The molecule has 0 aliphatic heterocycles. The first-order chi connectivity index (χ1) is 11.7. The minimum atomic E-state index is -0.123. The third kappa shape index (κ3) is 2.69. The summed E-state index contributed by atoms with van der Waals surface area (Å²) < 4.78 is 12.4. The van der Waals surface area contributed by atoms with Crippen molar-refractivity contribution < 1.29 is 8.83 Å². The van der Waals surface area contributed by atoms with Crippen molar-refractivity contribution >= 4 is 23.1 Å². The van der Waals surface area contributed by atoms with Gasteiger partial charge in [-0.15, -0.1) is 31.7 Å². The van der Waals surface area contributed by atoms with Gasteiger partial charge in [0.2, 0.25) is 16.9 Å². The molecular formula is C14H12N6O2S2. The van der Waals surface area contributed by atoms with Crippen molar-refractivity contribution in [1.82, 2.24) is 25.1 Å². The van der Waals surface area contributed by atoms with Crippen LogP contribution in [0.5, 0.6) is 0 Å². The summed E-state index contributed by atoms with van der Waals surface area (Å²) in [6.07, 6.45) is 1.56. The van der Waals surface area contributed by atoms with Crippen molar-refractivity contribution in [2.24, 2.45) is 0 Å². The van der Waals surface area contributed by atoms with Crippen LogP contribution in [0.2, 0.25) is 0 Å². The normalized spacial score (nSPS) is 12.5. The molecule has 0 radical (unpaired) electrons. The maximum atomic E-state index is 6.05. The van der Waals surface area contributed by atoms with Crippen LogP contribution in [0.3, 0.4) is 0 Å². The molecule has 122 valence electrons. The summed E-state index contributed by atoms with van der Waals surface area (Å²) in [6.45, 7) is 1.94. The Labute approximate surface area is 144 Å². The molecule has 4 aromatic heterocycles. The highest BCUT2D eigenvalue weighted by molar-refractivity contribution is 7.99. The van der Waals surface area contributed by atoms with Crippen LogP contribution in [0.15, 0.2) is 49.9 Å². The molecule has 4 aromatic rings. The van der Waals surface area contributed by atoms with Crippen molar-refractivity contribution in [3.05, 3.63) is 41.8 Å². The van der Waals surface area contributed by atoms with Crippen LogP contribution >= 0.6 is 23.1 Å². The Balaban J connectivity index is 1.53. The van der Waals surface area contributed by atoms with Crippen LogP contribution < -0.4 is 5.84 Å². The molecule has 0 amide bonds. The zero-order valence-electron chi connectivity index (χ0n) is 12.5. The van der Waals surface area contributed by atoms with Gasteiger partial charge < -0.3 is 14.7 Å². The van der Waals surface area contributed by atoms with Gasteiger partial charge in [-0.05, 0) is 30.5 Å². The Hall–Kier alpha value is -2.59. The minimum Gasteiger partial charge on any atom is -0.461 e. The molecule has 1 unspecified atom stereocenters. The number of nitrogens with zero attached hydrogens (tertiary/aromatic N) is 5. The van der Waals surface area contributed by atoms with Gasteiger partial charge in [0.25, 0.3) is 5.89 Å². The fourth-order valence-electron chi connectivity index (χ4n) is 2.04. The van der Waals surface area contributed by atoms with Gasteiger partial charge in [0.05, 0.1) is 16.4 Å². The maximum Gasteiger partial charge on any atom is 0.257 e. The average Bonchev–Trinajstić information content (AvgIpc) is 3.36. The molecule has 1 atom stereocenters. The van der Waals surface area contributed by atoms with E-state index < -0.39 is 0 Å². The molecule has 0 aromatic carbocycles. The zero-order chi connectivity index (χ0) is 16.5. The van der Waals surface area contributed by atoms with E-state index in [2.05, 4.69) is 20.4 Å². The van der Waals surface area contributed by atoms with Gasteiger partial charge in [0, 0.05) is 0 Å². The lowest BCUT2D eigenvalue weighted by Crippen LogP contribution is -2.11. The molecule has 2 N–H and O–H groups in total. The third-order valence-corrected chi connectivity index (χ3v) is 5.11. The van der Waals surface area contributed by atoms with Gasteiger partial charge in [-0.25, -0.2) is 4.68 Å². The van der Waals surface area contributed by atoms with E-state index in [0.717, 1.165) is 4.88 Å². The summed E-state index contributed by atoms with van der Waals surface area (Å²) >= 11 is 2.93. The van der Waals surface area contributed by atoms with Crippen molar-refractivity contribution in [2.45, 2.75) is 17.3 Å². The molecule has 8 nitrogen and oxygen atoms in total. The maximum absolute atomic E-state index is 6.05. The number of aromatic nitrogens is 5. The molecule has 4 rings (SSSR count). The number of thiophene rings is 1. The van der Waals surface area contributed by atoms with Crippen LogP contribution in [0.25, 0.3) is 22.4 Å². The summed E-state index contributed by atoms with van der Waals surface area (Å²) in [6, 6.07) is 7.42. The van der Waals surface area contributed by atoms with E-state index in [1.807, 2.05) is 24.4 Å². The summed E-state index contributed by atoms with van der Waals surface area (Å²) in [7, 11) is 0. The number of hydrogen-bond acceptors (Lipinski definition) is 9. The smallest absolute Gasteiger partial charge is 0.257 e. The Kier molecular flexibility index (Phi) is 3.82. The SMILES string of the molecule is CC(Sc1nnc(-c2ccco2)n1N)c1nnc(-c2cccs2)o1. The Morgan fingerprint density at radius 3 is 2.88 bits per heavy atom.